The van der Waals surface area contributed by atoms with Gasteiger partial charge in [-0.1, -0.05) is 0 Å². The highest BCUT2D eigenvalue weighted by atomic mass is 32.1. The van der Waals surface area contributed by atoms with Crippen molar-refractivity contribution in [2.24, 2.45) is 0 Å². The molecule has 0 heterocycles. The zero-order chi connectivity index (χ0) is 7.72. The molecule has 54 valence electrons. The predicted octanol–water partition coefficient (Wildman–Crippen LogP) is 2.15. The molecule has 3 heteroatoms. The largest absolute Gasteiger partial charge is 0.398 e. The highest BCUT2D eigenvalue weighted by molar-refractivity contribution is 7.83. The van der Waals surface area contributed by atoms with Gasteiger partial charge in [-0.25, -0.2) is 0 Å². The molecule has 10 heavy (non-hydrogen) atoms. The van der Waals surface area contributed by atoms with Crippen LogP contribution in [0.2, 0.25) is 0 Å². The topological polar surface area (TPSA) is 26.0 Å². The zero-order valence-electron chi connectivity index (χ0n) is 5.63. The molecular formula is C7H9NS2. The molecule has 0 spiro atoms. The van der Waals surface area contributed by atoms with Gasteiger partial charge in [-0.15, -0.1) is 25.3 Å². The molecule has 0 radical (unpaired) electrons. The van der Waals surface area contributed by atoms with E-state index >= 15 is 0 Å². The van der Waals surface area contributed by atoms with Gasteiger partial charge in [0.15, 0.2) is 0 Å². The Morgan fingerprint density at radius 1 is 1.20 bits per heavy atom. The Hall–Kier alpha value is -0.280. The lowest BCUT2D eigenvalue weighted by Crippen LogP contribution is -1.89. The van der Waals surface area contributed by atoms with Crippen LogP contribution in [-0.2, 0) is 0 Å². The average Bonchev–Trinajstić information content (AvgIpc) is 1.84. The number of rotatable bonds is 0. The van der Waals surface area contributed by atoms with Crippen LogP contribution in [0.5, 0.6) is 0 Å². The summed E-state index contributed by atoms with van der Waals surface area (Å²) >= 11 is 8.34. The van der Waals surface area contributed by atoms with Crippen LogP contribution in [0.15, 0.2) is 21.9 Å². The van der Waals surface area contributed by atoms with Crippen LogP contribution in [-0.4, -0.2) is 0 Å². The fraction of sp³-hybridized carbons (Fsp3) is 0.143. The third-order valence-electron chi connectivity index (χ3n) is 1.36. The van der Waals surface area contributed by atoms with Gasteiger partial charge in [0.2, 0.25) is 0 Å². The molecule has 0 aliphatic carbocycles. The third-order valence-corrected chi connectivity index (χ3v) is 2.28. The Morgan fingerprint density at radius 2 is 1.70 bits per heavy atom. The Morgan fingerprint density at radius 3 is 2.20 bits per heavy atom. The van der Waals surface area contributed by atoms with E-state index in [1.807, 2.05) is 13.0 Å². The Bertz CT molecular complexity index is 208. The number of anilines is 1. The van der Waals surface area contributed by atoms with Crippen molar-refractivity contribution in [1.82, 2.24) is 0 Å². The zero-order valence-corrected chi connectivity index (χ0v) is 7.42. The minimum Gasteiger partial charge on any atom is -0.398 e. The number of hydrogen-bond acceptors (Lipinski definition) is 3. The van der Waals surface area contributed by atoms with Gasteiger partial charge in [-0.3, -0.25) is 0 Å². The van der Waals surface area contributed by atoms with Crippen molar-refractivity contribution in [3.63, 3.8) is 0 Å². The molecule has 0 amide bonds. The molecule has 0 bridgehead atoms. The average molecular weight is 171 g/mol. The van der Waals surface area contributed by atoms with Gasteiger partial charge >= 0.3 is 0 Å². The lowest BCUT2D eigenvalue weighted by atomic mass is 10.2. The van der Waals surface area contributed by atoms with E-state index in [9.17, 15) is 0 Å². The van der Waals surface area contributed by atoms with E-state index in [0.717, 1.165) is 21.0 Å². The maximum atomic E-state index is 5.61. The molecule has 2 N–H and O–H groups in total. The molecule has 1 aromatic carbocycles. The Kier molecular flexibility index (Phi) is 2.16. The van der Waals surface area contributed by atoms with Gasteiger partial charge in [0, 0.05) is 15.5 Å². The third kappa shape index (κ3) is 1.41. The molecule has 0 unspecified atom stereocenters. The minimum atomic E-state index is 0.766. The summed E-state index contributed by atoms with van der Waals surface area (Å²) in [4.78, 5) is 1.70. The lowest BCUT2D eigenvalue weighted by Gasteiger charge is -2.02. The van der Waals surface area contributed by atoms with Crippen LogP contribution in [0.4, 0.5) is 5.69 Å². The van der Waals surface area contributed by atoms with E-state index in [1.54, 1.807) is 6.07 Å². The number of hydrogen-bond donors (Lipinski definition) is 3. The Labute approximate surface area is 71.4 Å². The molecule has 0 fully saturated rings. The molecule has 1 nitrogen and oxygen atoms in total. The van der Waals surface area contributed by atoms with Crippen molar-refractivity contribution in [2.45, 2.75) is 16.7 Å². The molecule has 1 aromatic rings. The summed E-state index contributed by atoms with van der Waals surface area (Å²) < 4.78 is 0. The number of benzene rings is 1. The van der Waals surface area contributed by atoms with Crippen LogP contribution < -0.4 is 5.73 Å². The van der Waals surface area contributed by atoms with Crippen LogP contribution >= 0.6 is 25.3 Å². The fourth-order valence-electron chi connectivity index (χ4n) is 0.697. The minimum absolute atomic E-state index is 0.766. The van der Waals surface area contributed by atoms with Crippen molar-refractivity contribution in [3.05, 3.63) is 17.7 Å². The summed E-state index contributed by atoms with van der Waals surface area (Å²) in [5, 5.41) is 0. The molecule has 1 rings (SSSR count). The normalized spacial score (nSPS) is 9.90. The predicted molar refractivity (Wildman–Crippen MR) is 50.1 cm³/mol. The first kappa shape index (κ1) is 7.82. The maximum Gasteiger partial charge on any atom is 0.0355 e. The van der Waals surface area contributed by atoms with Crippen molar-refractivity contribution < 1.29 is 0 Å². The van der Waals surface area contributed by atoms with Crippen LogP contribution in [0.3, 0.4) is 0 Å². The van der Waals surface area contributed by atoms with Crippen molar-refractivity contribution in [3.8, 4) is 0 Å². The summed E-state index contributed by atoms with van der Waals surface area (Å²) in [6.07, 6.45) is 0. The van der Waals surface area contributed by atoms with Crippen LogP contribution in [0.25, 0.3) is 0 Å². The van der Waals surface area contributed by atoms with Crippen molar-refractivity contribution in [2.75, 3.05) is 5.73 Å². The van der Waals surface area contributed by atoms with Gasteiger partial charge in [-0.05, 0) is 24.6 Å². The SMILES string of the molecule is Cc1cc(S)c(S)cc1N. The molecule has 0 aromatic heterocycles. The lowest BCUT2D eigenvalue weighted by molar-refractivity contribution is 1.23. The molecule has 0 saturated carbocycles. The number of aryl methyl sites for hydroxylation is 1. The quantitative estimate of drug-likeness (QED) is 0.405. The molecule has 0 atom stereocenters. The van der Waals surface area contributed by atoms with E-state index < -0.39 is 0 Å². The molecular weight excluding hydrogens is 162 g/mol. The molecule has 0 saturated heterocycles. The number of thiol groups is 2. The summed E-state index contributed by atoms with van der Waals surface area (Å²) in [6.45, 7) is 1.95. The van der Waals surface area contributed by atoms with E-state index in [1.165, 1.54) is 0 Å². The second kappa shape index (κ2) is 2.76. The summed E-state index contributed by atoms with van der Waals surface area (Å²) in [5.41, 5.74) is 7.42. The maximum absolute atomic E-state index is 5.61. The van der Waals surface area contributed by atoms with E-state index in [4.69, 9.17) is 5.73 Å². The summed E-state index contributed by atoms with van der Waals surface area (Å²) in [5.74, 6) is 0. The standard InChI is InChI=1S/C7H9NS2/c1-4-2-6(9)7(10)3-5(4)8/h2-3,9-10H,8H2,1H3. The van der Waals surface area contributed by atoms with Crippen molar-refractivity contribution in [1.29, 1.82) is 0 Å². The summed E-state index contributed by atoms with van der Waals surface area (Å²) in [6, 6.07) is 3.71. The highest BCUT2D eigenvalue weighted by Gasteiger charge is 1.97. The second-order valence-corrected chi connectivity index (χ2v) is 3.16. The van der Waals surface area contributed by atoms with Gasteiger partial charge in [0.05, 0.1) is 0 Å². The van der Waals surface area contributed by atoms with E-state index in [2.05, 4.69) is 25.3 Å². The van der Waals surface area contributed by atoms with Crippen LogP contribution in [0.1, 0.15) is 5.56 Å². The smallest absolute Gasteiger partial charge is 0.0355 e. The first-order chi connectivity index (χ1) is 4.61. The van der Waals surface area contributed by atoms with E-state index in [0.29, 0.717) is 0 Å². The molecule has 0 aliphatic heterocycles. The second-order valence-electron chi connectivity index (χ2n) is 2.20. The van der Waals surface area contributed by atoms with Gasteiger partial charge in [0.1, 0.15) is 0 Å². The Balaban J connectivity index is 3.28. The van der Waals surface area contributed by atoms with Gasteiger partial charge in [-0.2, -0.15) is 0 Å². The van der Waals surface area contributed by atoms with Crippen LogP contribution in [0, 0.1) is 6.92 Å². The fourth-order valence-corrected chi connectivity index (χ4v) is 1.16. The monoisotopic (exact) mass is 171 g/mol. The van der Waals surface area contributed by atoms with Gasteiger partial charge in [0.25, 0.3) is 0 Å². The number of nitrogens with two attached hydrogens (primary N) is 1. The molecule has 0 aliphatic rings. The highest BCUT2D eigenvalue weighted by Crippen LogP contribution is 2.23. The first-order valence-corrected chi connectivity index (χ1v) is 3.79. The van der Waals surface area contributed by atoms with Gasteiger partial charge < -0.3 is 5.73 Å². The number of nitrogen functional groups attached to an aromatic ring is 1. The first-order valence-electron chi connectivity index (χ1n) is 2.89. The van der Waals surface area contributed by atoms with Crippen molar-refractivity contribution >= 4 is 30.9 Å². The summed E-state index contributed by atoms with van der Waals surface area (Å²) in [7, 11) is 0. The van der Waals surface area contributed by atoms with E-state index in [-0.39, 0.29) is 0 Å².